The number of amides is 3. The van der Waals surface area contributed by atoms with Crippen molar-refractivity contribution in [3.8, 4) is 11.3 Å². The molecule has 8 heteroatoms. The van der Waals surface area contributed by atoms with Crippen LogP contribution in [0.1, 0.15) is 11.1 Å². The summed E-state index contributed by atoms with van der Waals surface area (Å²) in [6, 6.07) is 9.12. The van der Waals surface area contributed by atoms with Crippen LogP contribution in [0.5, 0.6) is 0 Å². The minimum Gasteiger partial charge on any atom is -0.368 e. The summed E-state index contributed by atoms with van der Waals surface area (Å²) in [5.74, 6) is -0.410. The molecule has 0 unspecified atom stereocenters. The van der Waals surface area contributed by atoms with Crippen molar-refractivity contribution < 1.29 is 14.3 Å². The van der Waals surface area contributed by atoms with Crippen LogP contribution >= 0.6 is 11.3 Å². The number of hydrogen-bond donors (Lipinski definition) is 2. The number of primary amides is 1. The van der Waals surface area contributed by atoms with Gasteiger partial charge < -0.3 is 10.5 Å². The van der Waals surface area contributed by atoms with E-state index in [4.69, 9.17) is 10.5 Å². The Kier molecular flexibility index (Phi) is 5.19. The lowest BCUT2D eigenvalue weighted by atomic mass is 10.2. The molecule has 0 aliphatic carbocycles. The van der Waals surface area contributed by atoms with Crippen LogP contribution < -0.4 is 11.1 Å². The van der Waals surface area contributed by atoms with E-state index in [1.165, 1.54) is 0 Å². The van der Waals surface area contributed by atoms with Gasteiger partial charge in [0, 0.05) is 24.0 Å². The highest BCUT2D eigenvalue weighted by Crippen LogP contribution is 2.29. The summed E-state index contributed by atoms with van der Waals surface area (Å²) in [7, 11) is 0. The molecule has 0 bridgehead atoms. The van der Waals surface area contributed by atoms with E-state index in [-0.39, 0.29) is 12.6 Å². The molecular formula is C16H18N4O3S. The summed E-state index contributed by atoms with van der Waals surface area (Å²) in [6.45, 7) is 1.79. The molecule has 0 spiro atoms. The zero-order valence-electron chi connectivity index (χ0n) is 13.0. The zero-order valence-corrected chi connectivity index (χ0v) is 13.8. The number of carbonyl (C=O) groups excluding carboxylic acids is 2. The van der Waals surface area contributed by atoms with Crippen molar-refractivity contribution in [2.24, 2.45) is 5.73 Å². The van der Waals surface area contributed by atoms with Gasteiger partial charge >= 0.3 is 6.03 Å². The van der Waals surface area contributed by atoms with Crippen molar-refractivity contribution in [3.05, 3.63) is 40.7 Å². The lowest BCUT2D eigenvalue weighted by Crippen LogP contribution is -2.46. The van der Waals surface area contributed by atoms with E-state index in [1.54, 1.807) is 11.3 Å². The summed E-state index contributed by atoms with van der Waals surface area (Å²) < 4.78 is 5.79. The summed E-state index contributed by atoms with van der Waals surface area (Å²) in [6.07, 6.45) is -0.178. The standard InChI is InChI=1S/C16H18N4O3S/c17-16(22)19-14(21)9-20-6-7-23-13(8-20)15-18-12(10-24-15)11-4-2-1-3-5-11/h1-5,10,13H,6-9H2,(H3,17,19,21,22)/t13-/m1/s1. The number of nitrogens with two attached hydrogens (primary N) is 1. The quantitative estimate of drug-likeness (QED) is 0.871. The van der Waals surface area contributed by atoms with E-state index in [9.17, 15) is 9.59 Å². The maximum Gasteiger partial charge on any atom is 0.318 e. The Morgan fingerprint density at radius 1 is 1.38 bits per heavy atom. The molecule has 1 aliphatic heterocycles. The van der Waals surface area contributed by atoms with Gasteiger partial charge in [-0.2, -0.15) is 0 Å². The Bertz CT molecular complexity index is 719. The number of nitrogens with one attached hydrogen (secondary N) is 1. The molecule has 126 valence electrons. The third-order valence-corrected chi connectivity index (χ3v) is 4.58. The highest BCUT2D eigenvalue weighted by Gasteiger charge is 2.26. The number of hydrogen-bond acceptors (Lipinski definition) is 6. The molecule has 0 radical (unpaired) electrons. The lowest BCUT2D eigenvalue weighted by molar-refractivity contribution is -0.123. The third-order valence-electron chi connectivity index (χ3n) is 3.65. The van der Waals surface area contributed by atoms with Gasteiger partial charge in [-0.05, 0) is 0 Å². The van der Waals surface area contributed by atoms with Crippen molar-refractivity contribution in [1.82, 2.24) is 15.2 Å². The largest absolute Gasteiger partial charge is 0.368 e. The minimum absolute atomic E-state index is 0.111. The third kappa shape index (κ3) is 4.16. The average molecular weight is 346 g/mol. The fourth-order valence-corrected chi connectivity index (χ4v) is 3.42. The Labute approximate surface area is 143 Å². The number of morpholine rings is 1. The van der Waals surface area contributed by atoms with E-state index in [2.05, 4.69) is 10.3 Å². The van der Waals surface area contributed by atoms with Gasteiger partial charge in [0.25, 0.3) is 0 Å². The molecule has 1 aromatic carbocycles. The number of ether oxygens (including phenoxy) is 1. The van der Waals surface area contributed by atoms with Gasteiger partial charge in [0.1, 0.15) is 11.1 Å². The molecule has 0 saturated carbocycles. The number of imide groups is 1. The van der Waals surface area contributed by atoms with Crippen LogP contribution in [0.25, 0.3) is 11.3 Å². The first-order valence-corrected chi connectivity index (χ1v) is 8.44. The van der Waals surface area contributed by atoms with Crippen LogP contribution in [0.4, 0.5) is 4.79 Å². The first-order chi connectivity index (χ1) is 11.6. The molecule has 7 nitrogen and oxygen atoms in total. The second-order valence-corrected chi connectivity index (χ2v) is 6.33. The molecule has 3 rings (SSSR count). The Morgan fingerprint density at radius 3 is 2.92 bits per heavy atom. The minimum atomic E-state index is -0.836. The molecule has 1 atom stereocenters. The normalized spacial score (nSPS) is 18.2. The molecule has 1 aromatic heterocycles. The Balaban J connectivity index is 1.64. The van der Waals surface area contributed by atoms with Gasteiger partial charge in [-0.3, -0.25) is 15.0 Å². The number of nitrogens with zero attached hydrogens (tertiary/aromatic N) is 2. The molecule has 1 saturated heterocycles. The average Bonchev–Trinajstić information content (AvgIpc) is 3.05. The highest BCUT2D eigenvalue weighted by atomic mass is 32.1. The van der Waals surface area contributed by atoms with Crippen LogP contribution in [0, 0.1) is 0 Å². The highest BCUT2D eigenvalue weighted by molar-refractivity contribution is 7.10. The Hall–Kier alpha value is -2.29. The first kappa shape index (κ1) is 16.6. The van der Waals surface area contributed by atoms with E-state index >= 15 is 0 Å². The van der Waals surface area contributed by atoms with Gasteiger partial charge in [-0.15, -0.1) is 11.3 Å². The van der Waals surface area contributed by atoms with Crippen molar-refractivity contribution in [2.75, 3.05) is 26.2 Å². The SMILES string of the molecule is NC(=O)NC(=O)CN1CCO[C@@H](c2nc(-c3ccccc3)cs2)C1. The molecule has 3 amide bonds. The maximum atomic E-state index is 11.6. The molecular weight excluding hydrogens is 328 g/mol. The second-order valence-electron chi connectivity index (χ2n) is 5.44. The summed E-state index contributed by atoms with van der Waals surface area (Å²) in [5.41, 5.74) is 6.94. The zero-order chi connectivity index (χ0) is 16.9. The molecule has 3 N–H and O–H groups in total. The summed E-state index contributed by atoms with van der Waals surface area (Å²) in [5, 5.41) is 4.96. The summed E-state index contributed by atoms with van der Waals surface area (Å²) in [4.78, 5) is 28.9. The molecule has 1 aliphatic rings. The van der Waals surface area contributed by atoms with Gasteiger partial charge in [0.2, 0.25) is 5.91 Å². The topological polar surface area (TPSA) is 97.5 Å². The number of thiazole rings is 1. The van der Waals surface area contributed by atoms with E-state index in [0.717, 1.165) is 16.3 Å². The smallest absolute Gasteiger partial charge is 0.318 e. The summed E-state index contributed by atoms with van der Waals surface area (Å²) >= 11 is 1.55. The molecule has 2 aromatic rings. The van der Waals surface area contributed by atoms with Crippen molar-refractivity contribution in [1.29, 1.82) is 0 Å². The van der Waals surface area contributed by atoms with Gasteiger partial charge in [-0.1, -0.05) is 30.3 Å². The van der Waals surface area contributed by atoms with Crippen molar-refractivity contribution >= 4 is 23.3 Å². The Morgan fingerprint density at radius 2 is 2.17 bits per heavy atom. The number of carbonyl (C=O) groups is 2. The van der Waals surface area contributed by atoms with Crippen LogP contribution in [-0.4, -0.2) is 48.1 Å². The van der Waals surface area contributed by atoms with Crippen molar-refractivity contribution in [3.63, 3.8) is 0 Å². The van der Waals surface area contributed by atoms with Crippen LogP contribution in [0.15, 0.2) is 35.7 Å². The van der Waals surface area contributed by atoms with E-state index < -0.39 is 11.9 Å². The first-order valence-electron chi connectivity index (χ1n) is 7.56. The van der Waals surface area contributed by atoms with Gasteiger partial charge in [-0.25, -0.2) is 9.78 Å². The van der Waals surface area contributed by atoms with Crippen LogP contribution in [0.2, 0.25) is 0 Å². The second kappa shape index (κ2) is 7.52. The van der Waals surface area contributed by atoms with Crippen molar-refractivity contribution in [2.45, 2.75) is 6.10 Å². The fraction of sp³-hybridized carbons (Fsp3) is 0.312. The number of urea groups is 1. The molecule has 2 heterocycles. The predicted octanol–water partition coefficient (Wildman–Crippen LogP) is 1.38. The van der Waals surface area contributed by atoms with Crippen LogP contribution in [-0.2, 0) is 9.53 Å². The monoisotopic (exact) mass is 346 g/mol. The van der Waals surface area contributed by atoms with Crippen LogP contribution in [0.3, 0.4) is 0 Å². The fourth-order valence-electron chi connectivity index (χ4n) is 2.55. The number of rotatable bonds is 4. The maximum absolute atomic E-state index is 11.6. The van der Waals surface area contributed by atoms with Gasteiger partial charge in [0.15, 0.2) is 0 Å². The van der Waals surface area contributed by atoms with E-state index in [1.807, 2.05) is 40.6 Å². The number of benzene rings is 1. The van der Waals surface area contributed by atoms with Gasteiger partial charge in [0.05, 0.1) is 18.8 Å². The molecule has 1 fully saturated rings. The number of aromatic nitrogens is 1. The van der Waals surface area contributed by atoms with E-state index in [0.29, 0.717) is 19.7 Å². The molecule has 24 heavy (non-hydrogen) atoms. The predicted molar refractivity (Wildman–Crippen MR) is 90.4 cm³/mol. The lowest BCUT2D eigenvalue weighted by Gasteiger charge is -2.31.